The van der Waals surface area contributed by atoms with Crippen molar-refractivity contribution in [3.63, 3.8) is 0 Å². The van der Waals surface area contributed by atoms with E-state index >= 15 is 0 Å². The Hall–Kier alpha value is -1.06. The number of carbonyl (C=O) groups is 2. The molecular weight excluding hydrogens is 264 g/mol. The summed E-state index contributed by atoms with van der Waals surface area (Å²) < 4.78 is 0. The van der Waals surface area contributed by atoms with E-state index in [1.807, 2.05) is 4.90 Å². The van der Waals surface area contributed by atoms with Crippen molar-refractivity contribution in [3.8, 4) is 0 Å². The van der Waals surface area contributed by atoms with E-state index in [0.29, 0.717) is 6.04 Å². The van der Waals surface area contributed by atoms with Gasteiger partial charge >= 0.3 is 0 Å². The van der Waals surface area contributed by atoms with Crippen LogP contribution in [0.25, 0.3) is 0 Å². The maximum Gasteiger partial charge on any atom is 0.237 e. The molecule has 0 radical (unpaired) electrons. The Bertz CT molecular complexity index is 366. The van der Waals surface area contributed by atoms with Gasteiger partial charge in [-0.15, -0.1) is 0 Å². The molecule has 1 aliphatic rings. The normalized spacial score (nSPS) is 19.5. The zero-order valence-electron chi connectivity index (χ0n) is 14.4. The molecule has 1 atom stereocenters. The van der Waals surface area contributed by atoms with Crippen LogP contribution in [0.3, 0.4) is 0 Å². The molecule has 1 saturated heterocycles. The molecule has 1 rings (SSSR count). The standard InChI is InChI=1S/C17H32N2O2/c1-6-8-12-18(5)15(20)17(3,4)16(21)19-13-10-9-11-14(19)7-2/h14H,6-13H2,1-5H3. The minimum absolute atomic E-state index is 0.00222. The predicted molar refractivity (Wildman–Crippen MR) is 86.0 cm³/mol. The fourth-order valence-corrected chi connectivity index (χ4v) is 3.12. The molecule has 4 heteroatoms. The summed E-state index contributed by atoms with van der Waals surface area (Å²) in [5, 5.41) is 0. The average Bonchev–Trinajstić information content (AvgIpc) is 2.50. The Morgan fingerprint density at radius 2 is 1.90 bits per heavy atom. The number of rotatable bonds is 6. The van der Waals surface area contributed by atoms with Crippen molar-refractivity contribution in [2.24, 2.45) is 5.41 Å². The summed E-state index contributed by atoms with van der Waals surface area (Å²) in [5.74, 6) is -0.0521. The van der Waals surface area contributed by atoms with Gasteiger partial charge in [-0.1, -0.05) is 20.3 Å². The summed E-state index contributed by atoms with van der Waals surface area (Å²) in [5.41, 5.74) is -0.951. The minimum Gasteiger partial charge on any atom is -0.345 e. The topological polar surface area (TPSA) is 40.6 Å². The van der Waals surface area contributed by atoms with Gasteiger partial charge in [-0.25, -0.2) is 0 Å². The quantitative estimate of drug-likeness (QED) is 0.707. The summed E-state index contributed by atoms with van der Waals surface area (Å²) in [4.78, 5) is 29.2. The summed E-state index contributed by atoms with van der Waals surface area (Å²) >= 11 is 0. The van der Waals surface area contributed by atoms with Gasteiger partial charge in [0.1, 0.15) is 5.41 Å². The first-order valence-corrected chi connectivity index (χ1v) is 8.42. The van der Waals surface area contributed by atoms with E-state index in [2.05, 4.69) is 13.8 Å². The number of amides is 2. The first-order valence-electron chi connectivity index (χ1n) is 8.42. The molecule has 0 aromatic heterocycles. The molecule has 2 amide bonds. The van der Waals surface area contributed by atoms with Gasteiger partial charge in [-0.2, -0.15) is 0 Å². The number of hydrogen-bond donors (Lipinski definition) is 0. The molecule has 21 heavy (non-hydrogen) atoms. The first-order chi connectivity index (χ1) is 9.86. The SMILES string of the molecule is CCCCN(C)C(=O)C(C)(C)C(=O)N1CCCCC1CC. The zero-order valence-corrected chi connectivity index (χ0v) is 14.4. The van der Waals surface area contributed by atoms with Crippen LogP contribution in [-0.2, 0) is 9.59 Å². The first kappa shape index (κ1) is 18.0. The average molecular weight is 296 g/mol. The van der Waals surface area contributed by atoms with E-state index in [0.717, 1.165) is 45.2 Å². The molecule has 0 aromatic rings. The zero-order chi connectivity index (χ0) is 16.0. The maximum atomic E-state index is 12.9. The highest BCUT2D eigenvalue weighted by Gasteiger charge is 2.42. The minimum atomic E-state index is -0.951. The van der Waals surface area contributed by atoms with Crippen LogP contribution < -0.4 is 0 Å². The molecule has 0 saturated carbocycles. The Kier molecular flexibility index (Phi) is 6.69. The van der Waals surface area contributed by atoms with Gasteiger partial charge in [0, 0.05) is 26.2 Å². The summed E-state index contributed by atoms with van der Waals surface area (Å²) in [7, 11) is 1.81. The second-order valence-corrected chi connectivity index (χ2v) is 6.76. The second-order valence-electron chi connectivity index (χ2n) is 6.76. The van der Waals surface area contributed by atoms with Crippen LogP contribution in [0.15, 0.2) is 0 Å². The molecule has 1 unspecified atom stereocenters. The number of carbonyl (C=O) groups excluding carboxylic acids is 2. The lowest BCUT2D eigenvalue weighted by molar-refractivity contribution is -0.155. The smallest absolute Gasteiger partial charge is 0.237 e. The van der Waals surface area contributed by atoms with E-state index in [-0.39, 0.29) is 11.8 Å². The third kappa shape index (κ3) is 4.21. The molecule has 0 spiro atoms. The number of hydrogen-bond acceptors (Lipinski definition) is 2. The van der Waals surface area contributed by atoms with Gasteiger partial charge in [-0.3, -0.25) is 9.59 Å². The van der Waals surface area contributed by atoms with Gasteiger partial charge in [0.05, 0.1) is 0 Å². The van der Waals surface area contributed by atoms with E-state index < -0.39 is 5.41 Å². The Morgan fingerprint density at radius 1 is 1.24 bits per heavy atom. The number of likely N-dealkylation sites (tertiary alicyclic amines) is 1. The molecule has 1 fully saturated rings. The highest BCUT2D eigenvalue weighted by molar-refractivity contribution is 6.04. The molecule has 0 bridgehead atoms. The lowest BCUT2D eigenvalue weighted by atomic mass is 9.87. The third-order valence-corrected chi connectivity index (χ3v) is 4.62. The Morgan fingerprint density at radius 3 is 2.48 bits per heavy atom. The van der Waals surface area contributed by atoms with Gasteiger partial charge in [0.25, 0.3) is 0 Å². The van der Waals surface area contributed by atoms with E-state index in [4.69, 9.17) is 0 Å². The second kappa shape index (κ2) is 7.81. The van der Waals surface area contributed by atoms with Gasteiger partial charge < -0.3 is 9.80 Å². The molecular formula is C17H32N2O2. The number of nitrogens with zero attached hydrogens (tertiary/aromatic N) is 2. The number of piperidine rings is 1. The predicted octanol–water partition coefficient (Wildman–Crippen LogP) is 3.06. The highest BCUT2D eigenvalue weighted by atomic mass is 16.2. The lowest BCUT2D eigenvalue weighted by Crippen LogP contribution is -2.54. The third-order valence-electron chi connectivity index (χ3n) is 4.62. The van der Waals surface area contributed by atoms with Crippen molar-refractivity contribution in [2.75, 3.05) is 20.1 Å². The van der Waals surface area contributed by atoms with E-state index in [9.17, 15) is 9.59 Å². The van der Waals surface area contributed by atoms with Crippen LogP contribution in [0.2, 0.25) is 0 Å². The van der Waals surface area contributed by atoms with Gasteiger partial charge in [0.15, 0.2) is 0 Å². The van der Waals surface area contributed by atoms with Crippen LogP contribution in [0.5, 0.6) is 0 Å². The van der Waals surface area contributed by atoms with Gasteiger partial charge in [-0.05, 0) is 46.0 Å². The Labute approximate surface area is 129 Å². The molecule has 0 N–H and O–H groups in total. The van der Waals surface area contributed by atoms with Crippen molar-refractivity contribution in [1.82, 2.24) is 9.80 Å². The largest absolute Gasteiger partial charge is 0.345 e. The summed E-state index contributed by atoms with van der Waals surface area (Å²) in [6.07, 6.45) is 6.31. The van der Waals surface area contributed by atoms with Crippen molar-refractivity contribution < 1.29 is 9.59 Å². The fourth-order valence-electron chi connectivity index (χ4n) is 3.12. The number of unbranched alkanes of at least 4 members (excludes halogenated alkanes) is 1. The lowest BCUT2D eigenvalue weighted by Gasteiger charge is -2.40. The summed E-state index contributed by atoms with van der Waals surface area (Å²) in [6.45, 7) is 9.31. The molecule has 0 aliphatic carbocycles. The molecule has 4 nitrogen and oxygen atoms in total. The van der Waals surface area contributed by atoms with Crippen molar-refractivity contribution in [1.29, 1.82) is 0 Å². The molecule has 122 valence electrons. The maximum absolute atomic E-state index is 12.9. The Balaban J connectivity index is 2.79. The van der Waals surface area contributed by atoms with Crippen LogP contribution in [0.1, 0.15) is 66.2 Å². The van der Waals surface area contributed by atoms with Gasteiger partial charge in [0.2, 0.25) is 11.8 Å². The molecule has 0 aromatic carbocycles. The van der Waals surface area contributed by atoms with Crippen molar-refractivity contribution >= 4 is 11.8 Å². The molecule has 1 aliphatic heterocycles. The van der Waals surface area contributed by atoms with Crippen LogP contribution in [0.4, 0.5) is 0 Å². The fraction of sp³-hybridized carbons (Fsp3) is 0.882. The van der Waals surface area contributed by atoms with Crippen LogP contribution >= 0.6 is 0 Å². The van der Waals surface area contributed by atoms with E-state index in [1.165, 1.54) is 6.42 Å². The van der Waals surface area contributed by atoms with Crippen LogP contribution in [-0.4, -0.2) is 47.8 Å². The molecule has 1 heterocycles. The monoisotopic (exact) mass is 296 g/mol. The van der Waals surface area contributed by atoms with Crippen LogP contribution in [0, 0.1) is 5.41 Å². The van der Waals surface area contributed by atoms with E-state index in [1.54, 1.807) is 25.8 Å². The highest BCUT2D eigenvalue weighted by Crippen LogP contribution is 2.28. The summed E-state index contributed by atoms with van der Waals surface area (Å²) in [6, 6.07) is 0.305. The van der Waals surface area contributed by atoms with Crippen molar-refractivity contribution in [3.05, 3.63) is 0 Å². The van der Waals surface area contributed by atoms with Crippen molar-refractivity contribution in [2.45, 2.75) is 72.3 Å².